The van der Waals surface area contributed by atoms with E-state index in [1.165, 1.54) is 0 Å². The molecule has 2 aromatic carbocycles. The number of carbonyl (C=O) groups is 1. The third-order valence-corrected chi connectivity index (χ3v) is 2.45. The number of hydrogen-bond acceptors (Lipinski definition) is 3. The molecule has 0 fully saturated rings. The Balaban J connectivity index is 2.57. The van der Waals surface area contributed by atoms with E-state index >= 15 is 0 Å². The second-order valence-corrected chi connectivity index (χ2v) is 3.56. The third-order valence-electron chi connectivity index (χ3n) is 2.45. The van der Waals surface area contributed by atoms with E-state index in [9.17, 15) is 4.79 Å². The fourth-order valence-corrected chi connectivity index (χ4v) is 1.58. The summed E-state index contributed by atoms with van der Waals surface area (Å²) in [7, 11) is -1.49. The van der Waals surface area contributed by atoms with Gasteiger partial charge in [0.25, 0.3) is 0 Å². The Morgan fingerprint density at radius 1 is 1.06 bits per heavy atom. The van der Waals surface area contributed by atoms with Gasteiger partial charge in [-0.2, -0.15) is 0 Å². The molecule has 0 saturated heterocycles. The van der Waals surface area contributed by atoms with Crippen LogP contribution in [0.2, 0.25) is 0 Å². The molecule has 0 radical (unpaired) electrons. The molecule has 80 valence electrons. The van der Waals surface area contributed by atoms with Crippen LogP contribution < -0.4 is 11.2 Å². The van der Waals surface area contributed by atoms with Gasteiger partial charge in [0.05, 0.1) is 0 Å². The molecule has 0 aliphatic heterocycles. The van der Waals surface area contributed by atoms with Crippen LogP contribution in [0.1, 0.15) is 10.4 Å². The minimum atomic E-state index is -1.49. The number of primary amides is 1. The zero-order chi connectivity index (χ0) is 11.7. The lowest BCUT2D eigenvalue weighted by atomic mass is 9.79. The number of nitrogens with two attached hydrogens (primary N) is 1. The van der Waals surface area contributed by atoms with E-state index in [4.69, 9.17) is 15.8 Å². The fourth-order valence-electron chi connectivity index (χ4n) is 1.58. The first-order valence-electron chi connectivity index (χ1n) is 4.77. The second kappa shape index (κ2) is 3.96. The van der Waals surface area contributed by atoms with Crippen molar-refractivity contribution < 1.29 is 14.8 Å². The van der Waals surface area contributed by atoms with Gasteiger partial charge in [0, 0.05) is 5.56 Å². The Morgan fingerprint density at radius 3 is 2.31 bits per heavy atom. The summed E-state index contributed by atoms with van der Waals surface area (Å²) in [6.45, 7) is 0. The summed E-state index contributed by atoms with van der Waals surface area (Å²) in [5.41, 5.74) is 6.02. The fraction of sp³-hybridized carbons (Fsp3) is 0. The summed E-state index contributed by atoms with van der Waals surface area (Å²) in [5, 5.41) is 19.7. The molecule has 0 atom stereocenters. The van der Waals surface area contributed by atoms with E-state index in [1.807, 2.05) is 0 Å². The molecule has 16 heavy (non-hydrogen) atoms. The first kappa shape index (κ1) is 10.7. The Kier molecular flexibility index (Phi) is 2.64. The van der Waals surface area contributed by atoms with Gasteiger partial charge in [0.1, 0.15) is 0 Å². The minimum Gasteiger partial charge on any atom is -0.423 e. The van der Waals surface area contributed by atoms with Crippen molar-refractivity contribution in [3.05, 3.63) is 42.0 Å². The first-order chi connectivity index (χ1) is 7.58. The molecule has 0 unspecified atom stereocenters. The molecular formula is C11H10BNO3. The standard InChI is InChI=1S/C11H10BNO3/c13-11(14)9-2-1-8-6-10(12(15)16)4-3-7(8)5-9/h1-6,15-16H,(H2,13,14). The minimum absolute atomic E-state index is 0.416. The molecule has 0 aromatic heterocycles. The average Bonchev–Trinajstić information content (AvgIpc) is 2.27. The maximum Gasteiger partial charge on any atom is 0.488 e. The van der Waals surface area contributed by atoms with Crippen LogP contribution in [0.15, 0.2) is 36.4 Å². The summed E-state index contributed by atoms with van der Waals surface area (Å²) >= 11 is 0. The molecule has 2 rings (SSSR count). The summed E-state index contributed by atoms with van der Waals surface area (Å²) < 4.78 is 0. The smallest absolute Gasteiger partial charge is 0.423 e. The van der Waals surface area contributed by atoms with Crippen molar-refractivity contribution >= 4 is 29.3 Å². The number of rotatable bonds is 2. The van der Waals surface area contributed by atoms with Crippen LogP contribution in [-0.2, 0) is 0 Å². The Bertz CT molecular complexity index is 554. The van der Waals surface area contributed by atoms with Gasteiger partial charge in [0.2, 0.25) is 5.91 Å². The Morgan fingerprint density at radius 2 is 1.69 bits per heavy atom. The lowest BCUT2D eigenvalue weighted by Gasteiger charge is -2.03. The molecule has 5 heteroatoms. The maximum atomic E-state index is 11.0. The molecule has 0 aliphatic carbocycles. The number of carbonyl (C=O) groups excluding carboxylic acids is 1. The lowest BCUT2D eigenvalue weighted by molar-refractivity contribution is 0.100. The summed E-state index contributed by atoms with van der Waals surface area (Å²) in [6, 6.07) is 9.98. The molecule has 0 aliphatic rings. The highest BCUT2D eigenvalue weighted by Gasteiger charge is 2.11. The normalized spacial score (nSPS) is 10.4. The lowest BCUT2D eigenvalue weighted by Crippen LogP contribution is -2.29. The van der Waals surface area contributed by atoms with Crippen molar-refractivity contribution in [1.29, 1.82) is 0 Å². The average molecular weight is 215 g/mol. The van der Waals surface area contributed by atoms with Crippen molar-refractivity contribution in [2.45, 2.75) is 0 Å². The molecule has 2 aromatic rings. The van der Waals surface area contributed by atoms with Crippen molar-refractivity contribution in [3.63, 3.8) is 0 Å². The van der Waals surface area contributed by atoms with Crippen LogP contribution in [-0.4, -0.2) is 23.1 Å². The van der Waals surface area contributed by atoms with Gasteiger partial charge in [-0.25, -0.2) is 0 Å². The van der Waals surface area contributed by atoms with Gasteiger partial charge in [-0.05, 0) is 28.4 Å². The zero-order valence-electron chi connectivity index (χ0n) is 8.42. The highest BCUT2D eigenvalue weighted by molar-refractivity contribution is 6.58. The highest BCUT2D eigenvalue weighted by Crippen LogP contribution is 2.14. The summed E-state index contributed by atoms with van der Waals surface area (Å²) in [5.74, 6) is -0.479. The molecule has 4 nitrogen and oxygen atoms in total. The van der Waals surface area contributed by atoms with Crippen LogP contribution in [0.3, 0.4) is 0 Å². The number of benzene rings is 2. The van der Waals surface area contributed by atoms with Gasteiger partial charge < -0.3 is 15.8 Å². The molecule has 1 amide bonds. The monoisotopic (exact) mass is 215 g/mol. The highest BCUT2D eigenvalue weighted by atomic mass is 16.4. The van der Waals surface area contributed by atoms with Crippen molar-refractivity contribution in [2.75, 3.05) is 0 Å². The molecule has 0 heterocycles. The van der Waals surface area contributed by atoms with Crippen LogP contribution in [0.5, 0.6) is 0 Å². The predicted octanol–water partition coefficient (Wildman–Crippen LogP) is -0.382. The van der Waals surface area contributed by atoms with Crippen molar-refractivity contribution in [2.24, 2.45) is 5.73 Å². The third kappa shape index (κ3) is 1.91. The molecule has 4 N–H and O–H groups in total. The molecular weight excluding hydrogens is 205 g/mol. The topological polar surface area (TPSA) is 83.6 Å². The molecule has 0 saturated carbocycles. The first-order valence-corrected chi connectivity index (χ1v) is 4.77. The van der Waals surface area contributed by atoms with E-state index in [2.05, 4.69) is 0 Å². The van der Waals surface area contributed by atoms with Crippen LogP contribution >= 0.6 is 0 Å². The maximum absolute atomic E-state index is 11.0. The van der Waals surface area contributed by atoms with E-state index in [0.29, 0.717) is 11.0 Å². The van der Waals surface area contributed by atoms with Gasteiger partial charge in [0.15, 0.2) is 0 Å². The van der Waals surface area contributed by atoms with Crippen LogP contribution in [0.25, 0.3) is 10.8 Å². The number of amides is 1. The Hall–Kier alpha value is -1.85. The van der Waals surface area contributed by atoms with E-state index in [0.717, 1.165) is 10.8 Å². The quantitative estimate of drug-likeness (QED) is 0.597. The second-order valence-electron chi connectivity index (χ2n) is 3.56. The van der Waals surface area contributed by atoms with E-state index in [-0.39, 0.29) is 0 Å². The summed E-state index contributed by atoms with van der Waals surface area (Å²) in [4.78, 5) is 11.0. The molecule has 0 spiro atoms. The van der Waals surface area contributed by atoms with Crippen LogP contribution in [0, 0.1) is 0 Å². The van der Waals surface area contributed by atoms with E-state index < -0.39 is 13.0 Å². The Labute approximate surface area is 92.5 Å². The van der Waals surface area contributed by atoms with Gasteiger partial charge in [-0.15, -0.1) is 0 Å². The summed E-state index contributed by atoms with van der Waals surface area (Å²) in [6.07, 6.45) is 0. The molecule has 0 bridgehead atoms. The largest absolute Gasteiger partial charge is 0.488 e. The SMILES string of the molecule is NC(=O)c1ccc2cc(B(O)O)ccc2c1. The van der Waals surface area contributed by atoms with E-state index in [1.54, 1.807) is 36.4 Å². The van der Waals surface area contributed by atoms with Crippen molar-refractivity contribution in [1.82, 2.24) is 0 Å². The number of fused-ring (bicyclic) bond motifs is 1. The van der Waals surface area contributed by atoms with Gasteiger partial charge in [-0.1, -0.05) is 24.3 Å². The van der Waals surface area contributed by atoms with Gasteiger partial charge >= 0.3 is 7.12 Å². The zero-order valence-corrected chi connectivity index (χ0v) is 8.42. The van der Waals surface area contributed by atoms with Crippen molar-refractivity contribution in [3.8, 4) is 0 Å². The number of hydrogen-bond donors (Lipinski definition) is 3. The van der Waals surface area contributed by atoms with Gasteiger partial charge in [-0.3, -0.25) is 4.79 Å². The van der Waals surface area contributed by atoms with Crippen LogP contribution in [0.4, 0.5) is 0 Å². The predicted molar refractivity (Wildman–Crippen MR) is 62.3 cm³/mol.